The number of nitrogens with two attached hydrogens (primary N) is 1. The van der Waals surface area contributed by atoms with Crippen molar-refractivity contribution in [2.75, 3.05) is 33.0 Å². The molecule has 0 heterocycles. The maximum absolute atomic E-state index is 12.3. The van der Waals surface area contributed by atoms with Gasteiger partial charge < -0.3 is 20.1 Å². The molecular formula is C13H18N2O4. The summed E-state index contributed by atoms with van der Waals surface area (Å²) in [5.74, 6) is -0.374. The van der Waals surface area contributed by atoms with Crippen LogP contribution in [0.3, 0.4) is 0 Å². The van der Waals surface area contributed by atoms with Crippen LogP contribution in [-0.4, -0.2) is 44.1 Å². The quantitative estimate of drug-likeness (QED) is 0.633. The summed E-state index contributed by atoms with van der Waals surface area (Å²) < 4.78 is 9.62. The van der Waals surface area contributed by atoms with E-state index in [2.05, 4.69) is 4.74 Å². The number of amides is 1. The highest BCUT2D eigenvalue weighted by Gasteiger charge is 2.20. The standard InChI is InChI=1S/C13H18N2O4/c1-4-15(8-11(16)19-3)13(17)9-6-5-7-10(18-2)12(9)14/h5-7H,4,8,14H2,1-3H3. The number of anilines is 1. The molecule has 0 aliphatic heterocycles. The fourth-order valence-electron chi connectivity index (χ4n) is 1.63. The van der Waals surface area contributed by atoms with Crippen LogP contribution in [0.25, 0.3) is 0 Å². The monoisotopic (exact) mass is 266 g/mol. The smallest absolute Gasteiger partial charge is 0.325 e. The number of methoxy groups -OCH3 is 2. The summed E-state index contributed by atoms with van der Waals surface area (Å²) >= 11 is 0. The average molecular weight is 266 g/mol. The van der Waals surface area contributed by atoms with Crippen LogP contribution < -0.4 is 10.5 Å². The molecule has 0 saturated heterocycles. The van der Waals surface area contributed by atoms with E-state index in [9.17, 15) is 9.59 Å². The molecule has 0 saturated carbocycles. The molecule has 19 heavy (non-hydrogen) atoms. The number of hydrogen-bond acceptors (Lipinski definition) is 5. The zero-order valence-electron chi connectivity index (χ0n) is 11.3. The summed E-state index contributed by atoms with van der Waals surface area (Å²) in [6.45, 7) is 2.05. The van der Waals surface area contributed by atoms with Crippen LogP contribution in [0.5, 0.6) is 5.75 Å². The Balaban J connectivity index is 3.01. The minimum Gasteiger partial charge on any atom is -0.495 e. The van der Waals surface area contributed by atoms with Gasteiger partial charge in [0.1, 0.15) is 12.3 Å². The first-order chi connectivity index (χ1) is 9.04. The number of nitrogen functional groups attached to an aromatic ring is 1. The van der Waals surface area contributed by atoms with Gasteiger partial charge in [-0.2, -0.15) is 0 Å². The largest absolute Gasteiger partial charge is 0.495 e. The maximum atomic E-state index is 12.3. The first kappa shape index (κ1) is 14.8. The van der Waals surface area contributed by atoms with E-state index in [1.54, 1.807) is 25.1 Å². The van der Waals surface area contributed by atoms with Crippen LogP contribution in [0.2, 0.25) is 0 Å². The molecule has 0 spiro atoms. The lowest BCUT2D eigenvalue weighted by molar-refractivity contribution is -0.141. The van der Waals surface area contributed by atoms with Gasteiger partial charge in [-0.05, 0) is 19.1 Å². The lowest BCUT2D eigenvalue weighted by Gasteiger charge is -2.20. The van der Waals surface area contributed by atoms with E-state index in [0.717, 1.165) is 0 Å². The van der Waals surface area contributed by atoms with Crippen molar-refractivity contribution < 1.29 is 19.1 Å². The van der Waals surface area contributed by atoms with Crippen molar-refractivity contribution in [3.8, 4) is 5.75 Å². The SMILES string of the molecule is CCN(CC(=O)OC)C(=O)c1cccc(OC)c1N. The number of likely N-dealkylation sites (N-methyl/N-ethyl adjacent to an activating group) is 1. The average Bonchev–Trinajstić information content (AvgIpc) is 2.44. The molecular weight excluding hydrogens is 248 g/mol. The van der Waals surface area contributed by atoms with Crippen LogP contribution in [0.4, 0.5) is 5.69 Å². The van der Waals surface area contributed by atoms with Crippen molar-refractivity contribution >= 4 is 17.6 Å². The second-order valence-corrected chi connectivity index (χ2v) is 3.82. The lowest BCUT2D eigenvalue weighted by Crippen LogP contribution is -2.36. The van der Waals surface area contributed by atoms with Gasteiger partial charge in [0.25, 0.3) is 5.91 Å². The molecule has 0 aromatic heterocycles. The van der Waals surface area contributed by atoms with Crippen molar-refractivity contribution in [1.29, 1.82) is 0 Å². The van der Waals surface area contributed by atoms with Gasteiger partial charge in [-0.3, -0.25) is 9.59 Å². The first-order valence-electron chi connectivity index (χ1n) is 5.83. The van der Waals surface area contributed by atoms with E-state index in [1.807, 2.05) is 0 Å². The third kappa shape index (κ3) is 3.37. The summed E-state index contributed by atoms with van der Waals surface area (Å²) in [4.78, 5) is 24.9. The van der Waals surface area contributed by atoms with Gasteiger partial charge >= 0.3 is 5.97 Å². The molecule has 0 radical (unpaired) electrons. The fourth-order valence-corrected chi connectivity index (χ4v) is 1.63. The van der Waals surface area contributed by atoms with Gasteiger partial charge in [0.2, 0.25) is 0 Å². The molecule has 104 valence electrons. The highest BCUT2D eigenvalue weighted by molar-refractivity contribution is 6.01. The Morgan fingerprint density at radius 1 is 1.32 bits per heavy atom. The minimum absolute atomic E-state index is 0.109. The normalized spacial score (nSPS) is 9.84. The second-order valence-electron chi connectivity index (χ2n) is 3.82. The summed E-state index contributed by atoms with van der Waals surface area (Å²) in [6, 6.07) is 4.94. The molecule has 0 atom stereocenters. The minimum atomic E-state index is -0.475. The van der Waals surface area contributed by atoms with Crippen molar-refractivity contribution in [3.05, 3.63) is 23.8 Å². The Hall–Kier alpha value is -2.24. The lowest BCUT2D eigenvalue weighted by atomic mass is 10.1. The van der Waals surface area contributed by atoms with Crippen LogP contribution in [-0.2, 0) is 9.53 Å². The van der Waals surface area contributed by atoms with Gasteiger partial charge in [0.05, 0.1) is 25.5 Å². The number of ether oxygens (including phenoxy) is 2. The second kappa shape index (κ2) is 6.63. The number of para-hydroxylation sites is 1. The molecule has 6 nitrogen and oxygen atoms in total. The van der Waals surface area contributed by atoms with E-state index in [0.29, 0.717) is 17.9 Å². The van der Waals surface area contributed by atoms with Crippen LogP contribution in [0, 0.1) is 0 Å². The number of esters is 1. The summed E-state index contributed by atoms with van der Waals surface area (Å²) in [5, 5.41) is 0. The van der Waals surface area contributed by atoms with E-state index < -0.39 is 5.97 Å². The molecule has 0 bridgehead atoms. The molecule has 0 unspecified atom stereocenters. The molecule has 1 aromatic carbocycles. The van der Waals surface area contributed by atoms with Crippen LogP contribution >= 0.6 is 0 Å². The number of nitrogens with zero attached hydrogens (tertiary/aromatic N) is 1. The molecule has 1 amide bonds. The predicted octanol–water partition coefficient (Wildman–Crippen LogP) is 0.912. The summed E-state index contributed by atoms with van der Waals surface area (Å²) in [6.07, 6.45) is 0. The zero-order valence-corrected chi connectivity index (χ0v) is 11.3. The van der Waals surface area contributed by atoms with Crippen molar-refractivity contribution in [2.45, 2.75) is 6.92 Å². The maximum Gasteiger partial charge on any atom is 0.325 e. The third-order valence-electron chi connectivity index (χ3n) is 2.73. The van der Waals surface area contributed by atoms with Gasteiger partial charge in [0.15, 0.2) is 0 Å². The van der Waals surface area contributed by atoms with E-state index in [1.165, 1.54) is 19.1 Å². The Bertz CT molecular complexity index is 474. The van der Waals surface area contributed by atoms with E-state index >= 15 is 0 Å². The molecule has 0 aliphatic carbocycles. The molecule has 0 fully saturated rings. The molecule has 6 heteroatoms. The van der Waals surface area contributed by atoms with E-state index in [4.69, 9.17) is 10.5 Å². The van der Waals surface area contributed by atoms with Gasteiger partial charge in [-0.25, -0.2) is 0 Å². The third-order valence-corrected chi connectivity index (χ3v) is 2.73. The molecule has 1 aromatic rings. The number of hydrogen-bond donors (Lipinski definition) is 1. The van der Waals surface area contributed by atoms with E-state index in [-0.39, 0.29) is 18.1 Å². The summed E-state index contributed by atoms with van der Waals surface area (Å²) in [7, 11) is 2.76. The van der Waals surface area contributed by atoms with Gasteiger partial charge in [-0.15, -0.1) is 0 Å². The van der Waals surface area contributed by atoms with Crippen LogP contribution in [0.15, 0.2) is 18.2 Å². The van der Waals surface area contributed by atoms with Crippen molar-refractivity contribution in [3.63, 3.8) is 0 Å². The van der Waals surface area contributed by atoms with Gasteiger partial charge in [0, 0.05) is 6.54 Å². The Kier molecular flexibility index (Phi) is 5.17. The highest BCUT2D eigenvalue weighted by Crippen LogP contribution is 2.25. The Morgan fingerprint density at radius 3 is 2.53 bits per heavy atom. The fraction of sp³-hybridized carbons (Fsp3) is 0.385. The Morgan fingerprint density at radius 2 is 2.00 bits per heavy atom. The Labute approximate surface area is 112 Å². The highest BCUT2D eigenvalue weighted by atomic mass is 16.5. The topological polar surface area (TPSA) is 81.9 Å². The molecule has 1 rings (SSSR count). The first-order valence-corrected chi connectivity index (χ1v) is 5.83. The molecule has 2 N–H and O–H groups in total. The number of carbonyl (C=O) groups is 2. The number of carbonyl (C=O) groups excluding carboxylic acids is 2. The van der Waals surface area contributed by atoms with Crippen molar-refractivity contribution in [2.24, 2.45) is 0 Å². The van der Waals surface area contributed by atoms with Crippen molar-refractivity contribution in [1.82, 2.24) is 4.90 Å². The number of rotatable bonds is 5. The number of benzene rings is 1. The predicted molar refractivity (Wildman–Crippen MR) is 71.0 cm³/mol. The molecule has 0 aliphatic rings. The zero-order chi connectivity index (χ0) is 14.4. The van der Waals surface area contributed by atoms with Gasteiger partial charge in [-0.1, -0.05) is 6.07 Å². The van der Waals surface area contributed by atoms with Crippen LogP contribution in [0.1, 0.15) is 17.3 Å². The summed E-state index contributed by atoms with van der Waals surface area (Å²) in [5.41, 5.74) is 6.43.